The average molecular weight is 229 g/mol. The van der Waals surface area contributed by atoms with Crippen molar-refractivity contribution in [2.45, 2.75) is 0 Å². The van der Waals surface area contributed by atoms with Crippen molar-refractivity contribution >= 4 is 34.4 Å². The van der Waals surface area contributed by atoms with E-state index in [4.69, 9.17) is 0 Å². The van der Waals surface area contributed by atoms with Crippen LogP contribution in [-0.2, 0) is 0 Å². The van der Waals surface area contributed by atoms with E-state index in [-0.39, 0.29) is 35.5 Å². The Morgan fingerprint density at radius 3 is 1.27 bits per heavy atom. The number of halogens is 1. The van der Waals surface area contributed by atoms with E-state index in [1.807, 2.05) is 60.7 Å². The molecule has 1 nitrogen and oxygen atoms in total. The van der Waals surface area contributed by atoms with E-state index in [0.29, 0.717) is 0 Å². The van der Waals surface area contributed by atoms with E-state index in [1.54, 1.807) is 0 Å². The summed E-state index contributed by atoms with van der Waals surface area (Å²) in [4.78, 5) is 0. The van der Waals surface area contributed by atoms with Gasteiger partial charge in [-0.15, -0.1) is 0 Å². The third-order valence-electron chi connectivity index (χ3n) is 1.84. The van der Waals surface area contributed by atoms with E-state index >= 15 is 0 Å². The summed E-state index contributed by atoms with van der Waals surface area (Å²) >= 11 is 0. The van der Waals surface area contributed by atoms with Crippen molar-refractivity contribution in [3.05, 3.63) is 60.7 Å². The Labute approximate surface area is 112 Å². The number of anilines is 2. The first-order valence-electron chi connectivity index (χ1n) is 4.32. The van der Waals surface area contributed by atoms with Crippen molar-refractivity contribution in [2.24, 2.45) is 0 Å². The number of benzene rings is 2. The number of hydrogen-bond donors (Lipinski definition) is 1. The van der Waals surface area contributed by atoms with Crippen molar-refractivity contribution < 1.29 is 12.4 Å². The van der Waals surface area contributed by atoms with Crippen molar-refractivity contribution in [1.82, 2.24) is 0 Å². The summed E-state index contributed by atoms with van der Waals surface area (Å²) < 4.78 is 0. The maximum atomic E-state index is 3.30. The summed E-state index contributed by atoms with van der Waals surface area (Å²) in [5.41, 5.74) is 2.24. The third kappa shape index (κ3) is 4.56. The van der Waals surface area contributed by atoms with E-state index < -0.39 is 0 Å². The average Bonchev–Trinajstić information content (AvgIpc) is 2.21. The molecule has 0 atom stereocenters. The van der Waals surface area contributed by atoms with Crippen LogP contribution in [0.3, 0.4) is 0 Å². The molecule has 0 aromatic heterocycles. The van der Waals surface area contributed by atoms with Gasteiger partial charge in [0.05, 0.1) is 0 Å². The molecule has 0 fully saturated rings. The first kappa shape index (κ1) is 14.3. The van der Waals surface area contributed by atoms with Crippen LogP contribution in [0.4, 0.5) is 11.4 Å². The fraction of sp³-hybridized carbons (Fsp3) is 0. The first-order valence-corrected chi connectivity index (χ1v) is 4.32. The summed E-state index contributed by atoms with van der Waals surface area (Å²) in [7, 11) is 0. The Morgan fingerprint density at radius 2 is 0.933 bits per heavy atom. The maximum absolute atomic E-state index is 3.30. The van der Waals surface area contributed by atoms with Crippen LogP contribution in [0.1, 0.15) is 0 Å². The first-order chi connectivity index (χ1) is 6.45. The molecule has 0 unspecified atom stereocenters. The SMILES string of the molecule is [Cl-].[Mg+2].c1ccc(Nc2ccccc2)cc1. The van der Waals surface area contributed by atoms with Gasteiger partial charge < -0.3 is 17.7 Å². The second-order valence-electron chi connectivity index (χ2n) is 2.86. The fourth-order valence-electron chi connectivity index (χ4n) is 1.21. The summed E-state index contributed by atoms with van der Waals surface area (Å²) in [5.74, 6) is 0. The predicted octanol–water partition coefficient (Wildman–Crippen LogP) is 0.0534. The molecule has 72 valence electrons. The molecule has 0 aliphatic rings. The van der Waals surface area contributed by atoms with Crippen molar-refractivity contribution in [2.75, 3.05) is 5.32 Å². The molecular formula is C12H11ClMgN+. The van der Waals surface area contributed by atoms with Crippen LogP contribution >= 0.6 is 0 Å². The van der Waals surface area contributed by atoms with Crippen LogP contribution < -0.4 is 17.7 Å². The van der Waals surface area contributed by atoms with Crippen LogP contribution in [0, 0.1) is 0 Å². The van der Waals surface area contributed by atoms with Crippen LogP contribution in [0.5, 0.6) is 0 Å². The Bertz CT molecular complexity index is 326. The molecule has 0 aliphatic carbocycles. The minimum absolute atomic E-state index is 0. The van der Waals surface area contributed by atoms with E-state index in [1.165, 1.54) is 0 Å². The minimum atomic E-state index is 0. The van der Waals surface area contributed by atoms with Crippen molar-refractivity contribution in [3.63, 3.8) is 0 Å². The monoisotopic (exact) mass is 228 g/mol. The molecule has 0 spiro atoms. The van der Waals surface area contributed by atoms with E-state index in [2.05, 4.69) is 5.32 Å². The standard InChI is InChI=1S/C12H11N.ClH.Mg/c1-3-7-11(8-4-1)13-12-9-5-2-6-10-12;;/h1-10,13H;1H;/q;;+2/p-1. The molecular weight excluding hydrogens is 218 g/mol. The van der Waals surface area contributed by atoms with Gasteiger partial charge in [-0.25, -0.2) is 0 Å². The van der Waals surface area contributed by atoms with Gasteiger partial charge in [0.1, 0.15) is 0 Å². The second-order valence-corrected chi connectivity index (χ2v) is 2.86. The Balaban J connectivity index is 0.000000980. The van der Waals surface area contributed by atoms with E-state index in [0.717, 1.165) is 11.4 Å². The smallest absolute Gasteiger partial charge is 1.00 e. The zero-order valence-corrected chi connectivity index (χ0v) is 10.5. The van der Waals surface area contributed by atoms with Crippen LogP contribution in [0.25, 0.3) is 0 Å². The van der Waals surface area contributed by atoms with Gasteiger partial charge in [-0.2, -0.15) is 0 Å². The topological polar surface area (TPSA) is 12.0 Å². The molecule has 0 amide bonds. The molecule has 1 N–H and O–H groups in total. The fourth-order valence-corrected chi connectivity index (χ4v) is 1.21. The number of para-hydroxylation sites is 2. The van der Waals surface area contributed by atoms with Crippen LogP contribution in [0.15, 0.2) is 60.7 Å². The molecule has 0 aliphatic heterocycles. The molecule has 0 saturated heterocycles. The molecule has 0 radical (unpaired) electrons. The molecule has 0 bridgehead atoms. The molecule has 15 heavy (non-hydrogen) atoms. The molecule has 2 aromatic rings. The van der Waals surface area contributed by atoms with Crippen LogP contribution in [0.2, 0.25) is 0 Å². The zero-order chi connectivity index (χ0) is 8.93. The third-order valence-corrected chi connectivity index (χ3v) is 1.84. The number of nitrogens with one attached hydrogen (secondary N) is 1. The van der Waals surface area contributed by atoms with Crippen molar-refractivity contribution in [1.29, 1.82) is 0 Å². The molecule has 2 rings (SSSR count). The predicted molar refractivity (Wildman–Crippen MR) is 61.9 cm³/mol. The van der Waals surface area contributed by atoms with Gasteiger partial charge in [-0.3, -0.25) is 0 Å². The largest absolute Gasteiger partial charge is 2.00 e. The van der Waals surface area contributed by atoms with Gasteiger partial charge in [-0.1, -0.05) is 36.4 Å². The second kappa shape index (κ2) is 7.57. The maximum Gasteiger partial charge on any atom is 2.00 e. The Kier molecular flexibility index (Phi) is 7.21. The van der Waals surface area contributed by atoms with Crippen LogP contribution in [-0.4, -0.2) is 23.1 Å². The summed E-state index contributed by atoms with van der Waals surface area (Å²) in [6, 6.07) is 20.3. The van der Waals surface area contributed by atoms with Gasteiger partial charge in [-0.05, 0) is 24.3 Å². The Hall–Kier alpha value is -0.704. The van der Waals surface area contributed by atoms with Gasteiger partial charge in [0, 0.05) is 11.4 Å². The number of rotatable bonds is 2. The normalized spacial score (nSPS) is 8.27. The summed E-state index contributed by atoms with van der Waals surface area (Å²) in [6.45, 7) is 0. The van der Waals surface area contributed by atoms with Crippen molar-refractivity contribution in [3.8, 4) is 0 Å². The molecule has 0 heterocycles. The van der Waals surface area contributed by atoms with Gasteiger partial charge in [0.15, 0.2) is 0 Å². The van der Waals surface area contributed by atoms with Gasteiger partial charge in [0.25, 0.3) is 0 Å². The summed E-state index contributed by atoms with van der Waals surface area (Å²) in [6.07, 6.45) is 0. The Morgan fingerprint density at radius 1 is 0.600 bits per heavy atom. The van der Waals surface area contributed by atoms with Gasteiger partial charge >= 0.3 is 23.1 Å². The zero-order valence-electron chi connectivity index (χ0n) is 8.36. The number of hydrogen-bond acceptors (Lipinski definition) is 1. The van der Waals surface area contributed by atoms with Gasteiger partial charge in [0.2, 0.25) is 0 Å². The molecule has 2 aromatic carbocycles. The summed E-state index contributed by atoms with van der Waals surface area (Å²) in [5, 5.41) is 3.30. The van der Waals surface area contributed by atoms with E-state index in [9.17, 15) is 0 Å². The molecule has 3 heteroatoms. The minimum Gasteiger partial charge on any atom is -1.00 e. The molecule has 0 saturated carbocycles. The quantitative estimate of drug-likeness (QED) is 0.717.